The van der Waals surface area contributed by atoms with Gasteiger partial charge in [-0.25, -0.2) is 9.97 Å². The predicted molar refractivity (Wildman–Crippen MR) is 372 cm³/mol. The van der Waals surface area contributed by atoms with Crippen LogP contribution in [-0.2, 0) is 0 Å². The normalized spacial score (nSPS) is 13.8. The van der Waals surface area contributed by atoms with E-state index in [0.717, 1.165) is 102 Å². The summed E-state index contributed by atoms with van der Waals surface area (Å²) in [6, 6.07) is 99.9. The molecule has 89 heavy (non-hydrogen) atoms. The lowest BCUT2D eigenvalue weighted by Gasteiger charge is -2.31. The Balaban J connectivity index is 0.989. The van der Waals surface area contributed by atoms with E-state index in [1.165, 1.54) is 87.1 Å². The first-order valence-electron chi connectivity index (χ1n) is 31.6. The average Bonchev–Trinajstić information content (AvgIpc) is 1.79. The van der Waals surface area contributed by atoms with E-state index in [-0.39, 0.29) is 0 Å². The van der Waals surface area contributed by atoms with Crippen LogP contribution in [0.4, 0.5) is 68.2 Å². The number of para-hydroxylation sites is 6. The van der Waals surface area contributed by atoms with E-state index in [1.54, 1.807) is 0 Å². The zero-order valence-corrected chi connectivity index (χ0v) is 50.6. The Morgan fingerprint density at radius 2 is 0.494 bits per heavy atom. The number of benzene rings is 11. The monoisotopic (exact) mass is 1170 g/mol. The van der Waals surface area contributed by atoms with Gasteiger partial charge in [0, 0.05) is 68.0 Å². The third kappa shape index (κ3) is 11.2. The maximum absolute atomic E-state index is 6.13. The molecule has 9 heteroatoms. The lowest BCUT2D eigenvalue weighted by molar-refractivity contribution is 0.443. The van der Waals surface area contributed by atoms with Crippen LogP contribution >= 0.6 is 11.7 Å². The van der Waals surface area contributed by atoms with Crippen LogP contribution in [0.2, 0.25) is 0 Å². The molecule has 0 spiro atoms. The number of anilines is 12. The molecule has 2 heterocycles. The molecule has 0 atom stereocenters. The quantitative estimate of drug-likeness (QED) is 0.0887. The standard InChI is InChI=1S/C80H68N8S/c1-9-25-57(26-10-1)59-41-45-61(46-42-59)73-74(62-47-43-60(44-48-62)58-27-11-2-12-28-58)82-76-75(81-73)79(87(67-37-21-7-22-38-67)71-53-49-69(50-54-71)85(63-29-13-3-14-30-63)64-31-15-4-16-32-64)77-78(84-89-83-77)80(76)88(68-39-23-8-24-40-68)72-55-51-70(52-56-72)86(65-33-17-5-18-34-65)66-35-19-6-20-36-66/h3-8,13-24,29-58H,1-2,9-12,25-28H2. The van der Waals surface area contributed by atoms with E-state index in [9.17, 15) is 0 Å². The van der Waals surface area contributed by atoms with Gasteiger partial charge in [0.15, 0.2) is 0 Å². The van der Waals surface area contributed by atoms with Gasteiger partial charge in [-0.15, -0.1) is 0 Å². The molecule has 0 N–H and O–H groups in total. The fourth-order valence-corrected chi connectivity index (χ4v) is 14.2. The molecule has 2 aromatic heterocycles. The van der Waals surface area contributed by atoms with Crippen molar-refractivity contribution in [1.82, 2.24) is 18.7 Å². The number of nitrogens with zero attached hydrogens (tertiary/aromatic N) is 8. The molecule has 0 amide bonds. The second kappa shape index (κ2) is 25.2. The van der Waals surface area contributed by atoms with Gasteiger partial charge in [-0.3, -0.25) is 0 Å². The van der Waals surface area contributed by atoms with Crippen molar-refractivity contribution in [3.05, 3.63) is 290 Å². The molecule has 0 aliphatic heterocycles. The van der Waals surface area contributed by atoms with Crippen molar-refractivity contribution >= 4 is 102 Å². The molecule has 13 aromatic rings. The lowest BCUT2D eigenvalue weighted by atomic mass is 9.83. The Hall–Kier alpha value is -10.2. The van der Waals surface area contributed by atoms with E-state index in [0.29, 0.717) is 22.9 Å². The van der Waals surface area contributed by atoms with Crippen LogP contribution in [-0.4, -0.2) is 18.7 Å². The zero-order valence-electron chi connectivity index (χ0n) is 49.8. The fourth-order valence-electron chi connectivity index (χ4n) is 13.7. The number of aromatic nitrogens is 4. The van der Waals surface area contributed by atoms with Gasteiger partial charge in [-0.2, -0.15) is 8.75 Å². The summed E-state index contributed by atoms with van der Waals surface area (Å²) in [5.41, 5.74) is 21.0. The van der Waals surface area contributed by atoms with E-state index >= 15 is 0 Å². The molecular weight excluding hydrogens is 1110 g/mol. The van der Waals surface area contributed by atoms with Gasteiger partial charge in [0.1, 0.15) is 33.4 Å². The second-order valence-electron chi connectivity index (χ2n) is 23.6. The van der Waals surface area contributed by atoms with Crippen molar-refractivity contribution in [2.24, 2.45) is 0 Å². The Bertz CT molecular complexity index is 4100. The highest BCUT2D eigenvalue weighted by molar-refractivity contribution is 7.00. The van der Waals surface area contributed by atoms with Crippen LogP contribution in [0.1, 0.15) is 87.2 Å². The molecule has 11 aromatic carbocycles. The summed E-state index contributed by atoms with van der Waals surface area (Å²) in [5.74, 6) is 1.12. The third-order valence-corrected chi connectivity index (χ3v) is 18.6. The van der Waals surface area contributed by atoms with Crippen molar-refractivity contribution in [3.63, 3.8) is 0 Å². The molecule has 0 radical (unpaired) electrons. The van der Waals surface area contributed by atoms with Crippen molar-refractivity contribution in [1.29, 1.82) is 0 Å². The molecule has 15 rings (SSSR count). The van der Waals surface area contributed by atoms with Gasteiger partial charge < -0.3 is 19.6 Å². The Labute approximate surface area is 526 Å². The smallest absolute Gasteiger partial charge is 0.133 e. The largest absolute Gasteiger partial charge is 0.311 e. The maximum Gasteiger partial charge on any atom is 0.133 e. The van der Waals surface area contributed by atoms with Crippen LogP contribution in [0.25, 0.3) is 44.6 Å². The van der Waals surface area contributed by atoms with Crippen LogP contribution in [0.15, 0.2) is 279 Å². The summed E-state index contributed by atoms with van der Waals surface area (Å²) in [5, 5.41) is 0. The molecular formula is C80H68N8S. The fraction of sp³-hybridized carbons (Fsp3) is 0.150. The van der Waals surface area contributed by atoms with Gasteiger partial charge in [0.2, 0.25) is 0 Å². The molecule has 2 fully saturated rings. The van der Waals surface area contributed by atoms with Crippen molar-refractivity contribution < 1.29 is 0 Å². The molecule has 8 nitrogen and oxygen atoms in total. The average molecular weight is 1170 g/mol. The van der Waals surface area contributed by atoms with E-state index in [2.05, 4.69) is 299 Å². The summed E-state index contributed by atoms with van der Waals surface area (Å²) < 4.78 is 10.8. The second-order valence-corrected chi connectivity index (χ2v) is 24.1. The Morgan fingerprint density at radius 1 is 0.247 bits per heavy atom. The van der Waals surface area contributed by atoms with Crippen molar-refractivity contribution in [2.75, 3.05) is 19.6 Å². The highest BCUT2D eigenvalue weighted by atomic mass is 32.1. The van der Waals surface area contributed by atoms with Gasteiger partial charge in [-0.05, 0) is 170 Å². The molecule has 0 saturated heterocycles. The van der Waals surface area contributed by atoms with Crippen LogP contribution in [0, 0.1) is 0 Å². The van der Waals surface area contributed by atoms with Crippen LogP contribution in [0.5, 0.6) is 0 Å². The highest BCUT2D eigenvalue weighted by Crippen LogP contribution is 2.52. The summed E-state index contributed by atoms with van der Waals surface area (Å²) in [6.07, 6.45) is 12.6. The Morgan fingerprint density at radius 3 is 0.775 bits per heavy atom. The highest BCUT2D eigenvalue weighted by Gasteiger charge is 2.32. The maximum atomic E-state index is 6.13. The minimum atomic E-state index is 0.558. The third-order valence-electron chi connectivity index (χ3n) is 18.1. The first kappa shape index (κ1) is 55.4. The molecule has 0 bridgehead atoms. The van der Waals surface area contributed by atoms with Crippen molar-refractivity contribution in [3.8, 4) is 22.5 Å². The van der Waals surface area contributed by atoms with Gasteiger partial charge >= 0.3 is 0 Å². The van der Waals surface area contributed by atoms with Gasteiger partial charge in [0.25, 0.3) is 0 Å². The summed E-state index contributed by atoms with van der Waals surface area (Å²) >= 11 is 1.22. The van der Waals surface area contributed by atoms with E-state index in [1.807, 2.05) is 0 Å². The zero-order chi connectivity index (χ0) is 59.3. The molecule has 2 saturated carbocycles. The summed E-state index contributed by atoms with van der Waals surface area (Å²) in [4.78, 5) is 21.5. The number of hydrogen-bond acceptors (Lipinski definition) is 9. The first-order chi connectivity index (χ1) is 44.2. The number of fused-ring (bicyclic) bond motifs is 2. The topological polar surface area (TPSA) is 64.5 Å². The molecule has 2 aliphatic carbocycles. The Kier molecular flexibility index (Phi) is 15.7. The summed E-state index contributed by atoms with van der Waals surface area (Å²) in [7, 11) is 0. The summed E-state index contributed by atoms with van der Waals surface area (Å²) in [6.45, 7) is 0. The van der Waals surface area contributed by atoms with E-state index < -0.39 is 0 Å². The van der Waals surface area contributed by atoms with Gasteiger partial charge in [-0.1, -0.05) is 196 Å². The lowest BCUT2D eigenvalue weighted by Crippen LogP contribution is -2.16. The molecule has 2 aliphatic rings. The van der Waals surface area contributed by atoms with Gasteiger partial charge in [0.05, 0.1) is 23.1 Å². The molecule has 0 unspecified atom stereocenters. The first-order valence-corrected chi connectivity index (χ1v) is 32.3. The predicted octanol–water partition coefficient (Wildman–Crippen LogP) is 22.9. The minimum Gasteiger partial charge on any atom is -0.311 e. The SMILES string of the molecule is c1ccc(N(c2ccccc2)c2ccc(N(c3ccccc3)c3c4nsnc4c(N(c4ccccc4)c4ccc(N(c5ccccc5)c5ccccc5)cc4)c4nc(-c5ccc(C6CCCCC6)cc5)c(-c5ccc(C6CCCCC6)cc5)nc34)cc2)cc1. The minimum absolute atomic E-state index is 0.558. The van der Waals surface area contributed by atoms with Crippen LogP contribution < -0.4 is 19.6 Å². The van der Waals surface area contributed by atoms with E-state index in [4.69, 9.17) is 18.7 Å². The number of rotatable bonds is 16. The van der Waals surface area contributed by atoms with Crippen LogP contribution in [0.3, 0.4) is 0 Å². The molecule has 434 valence electrons. The van der Waals surface area contributed by atoms with Crippen molar-refractivity contribution in [2.45, 2.75) is 76.0 Å². The number of hydrogen-bond donors (Lipinski definition) is 0.